The molecule has 5 heteroatoms. The van der Waals surface area contributed by atoms with Crippen molar-refractivity contribution in [2.75, 3.05) is 5.32 Å². The van der Waals surface area contributed by atoms with Gasteiger partial charge in [-0.2, -0.15) is 0 Å². The van der Waals surface area contributed by atoms with Crippen LogP contribution in [0.25, 0.3) is 0 Å². The van der Waals surface area contributed by atoms with Crippen molar-refractivity contribution in [3.63, 3.8) is 0 Å². The Balaban J connectivity index is 2.12. The quantitative estimate of drug-likeness (QED) is 0.573. The first-order valence-corrected chi connectivity index (χ1v) is 7.97. The van der Waals surface area contributed by atoms with Crippen molar-refractivity contribution in [2.45, 2.75) is 5.33 Å². The van der Waals surface area contributed by atoms with Crippen LogP contribution in [0.5, 0.6) is 0 Å². The van der Waals surface area contributed by atoms with E-state index >= 15 is 0 Å². The molecule has 0 saturated carbocycles. The average molecular weight is 422 g/mol. The second-order valence-corrected chi connectivity index (χ2v) is 6.79. The highest BCUT2D eigenvalue weighted by Crippen LogP contribution is 2.19. The van der Waals surface area contributed by atoms with Gasteiger partial charge in [0.2, 0.25) is 0 Å². The number of amides is 1. The summed E-state index contributed by atoms with van der Waals surface area (Å²) in [5.41, 5.74) is 2.68. The first-order valence-electron chi connectivity index (χ1n) is 4.89. The molecular formula is C12H9BrINOS. The van der Waals surface area contributed by atoms with Gasteiger partial charge in [0.05, 0.1) is 8.45 Å². The van der Waals surface area contributed by atoms with Gasteiger partial charge < -0.3 is 5.32 Å². The maximum atomic E-state index is 11.9. The summed E-state index contributed by atoms with van der Waals surface area (Å²) in [7, 11) is 0. The molecule has 2 nitrogen and oxygen atoms in total. The van der Waals surface area contributed by atoms with Gasteiger partial charge in [-0.05, 0) is 46.4 Å². The Hall–Kier alpha value is -0.400. The summed E-state index contributed by atoms with van der Waals surface area (Å²) in [6.45, 7) is 0. The van der Waals surface area contributed by atoms with Crippen LogP contribution in [-0.4, -0.2) is 5.91 Å². The van der Waals surface area contributed by atoms with E-state index in [0.717, 1.165) is 19.5 Å². The van der Waals surface area contributed by atoms with E-state index in [1.54, 1.807) is 11.3 Å². The lowest BCUT2D eigenvalue weighted by Gasteiger charge is -2.05. The second-order valence-electron chi connectivity index (χ2n) is 3.43. The summed E-state index contributed by atoms with van der Waals surface area (Å²) in [5, 5.41) is 5.54. The number of alkyl halides is 1. The molecule has 0 saturated heterocycles. The van der Waals surface area contributed by atoms with Crippen molar-refractivity contribution < 1.29 is 4.79 Å². The molecule has 88 valence electrons. The van der Waals surface area contributed by atoms with Crippen LogP contribution in [0.4, 0.5) is 5.69 Å². The van der Waals surface area contributed by atoms with E-state index in [9.17, 15) is 4.79 Å². The number of carbonyl (C=O) groups is 1. The van der Waals surface area contributed by atoms with E-state index in [2.05, 4.69) is 43.8 Å². The molecule has 0 unspecified atom stereocenters. The van der Waals surface area contributed by atoms with Crippen molar-refractivity contribution in [1.82, 2.24) is 0 Å². The average Bonchev–Trinajstić information content (AvgIpc) is 2.76. The van der Waals surface area contributed by atoms with Crippen molar-refractivity contribution >= 4 is 61.5 Å². The largest absolute Gasteiger partial charge is 0.322 e. The molecule has 0 fully saturated rings. The number of carbonyl (C=O) groups excluding carboxylic acids is 1. The van der Waals surface area contributed by atoms with Crippen LogP contribution in [0, 0.1) is 2.88 Å². The van der Waals surface area contributed by atoms with Gasteiger partial charge in [0, 0.05) is 16.4 Å². The third-order valence-electron chi connectivity index (χ3n) is 2.17. The normalized spacial score (nSPS) is 10.2. The zero-order chi connectivity index (χ0) is 12.3. The fraction of sp³-hybridized carbons (Fsp3) is 0.0833. The molecule has 2 aromatic rings. The van der Waals surface area contributed by atoms with Gasteiger partial charge in [0.25, 0.3) is 5.91 Å². The Bertz CT molecular complexity index is 541. The molecule has 1 N–H and O–H groups in total. The first kappa shape index (κ1) is 13.0. The molecule has 1 aromatic heterocycles. The molecule has 0 bridgehead atoms. The molecule has 0 radical (unpaired) electrons. The fourth-order valence-corrected chi connectivity index (χ4v) is 3.04. The standard InChI is InChI=1S/C12H9BrINOS/c13-6-8-2-1-3-10(4-8)15-12(16)9-5-11(14)17-7-9/h1-5,7H,6H2,(H,15,16). The van der Waals surface area contributed by atoms with E-state index < -0.39 is 0 Å². The number of benzene rings is 1. The van der Waals surface area contributed by atoms with Crippen LogP contribution in [0.1, 0.15) is 15.9 Å². The maximum Gasteiger partial charge on any atom is 0.256 e. The summed E-state index contributed by atoms with van der Waals surface area (Å²) < 4.78 is 1.11. The summed E-state index contributed by atoms with van der Waals surface area (Å²) in [4.78, 5) is 11.9. The van der Waals surface area contributed by atoms with Crippen LogP contribution < -0.4 is 5.32 Å². The fourth-order valence-electron chi connectivity index (χ4n) is 1.36. The molecule has 1 amide bonds. The zero-order valence-electron chi connectivity index (χ0n) is 8.74. The molecule has 1 heterocycles. The SMILES string of the molecule is O=C(Nc1cccc(CBr)c1)c1csc(I)c1. The Kier molecular flexibility index (Phi) is 4.58. The van der Waals surface area contributed by atoms with Gasteiger partial charge >= 0.3 is 0 Å². The van der Waals surface area contributed by atoms with Crippen LogP contribution >= 0.6 is 49.9 Å². The number of halogens is 2. The first-order chi connectivity index (χ1) is 8.19. The van der Waals surface area contributed by atoms with Crippen molar-refractivity contribution in [3.8, 4) is 0 Å². The van der Waals surface area contributed by atoms with Gasteiger partial charge in [-0.1, -0.05) is 28.1 Å². The lowest BCUT2D eigenvalue weighted by atomic mass is 10.2. The van der Waals surface area contributed by atoms with Gasteiger partial charge in [0.1, 0.15) is 0 Å². The van der Waals surface area contributed by atoms with Gasteiger partial charge in [-0.15, -0.1) is 11.3 Å². The molecule has 0 aliphatic heterocycles. The van der Waals surface area contributed by atoms with Gasteiger partial charge in [0.15, 0.2) is 0 Å². The lowest BCUT2D eigenvalue weighted by molar-refractivity contribution is 0.102. The van der Waals surface area contributed by atoms with Gasteiger partial charge in [-0.3, -0.25) is 4.79 Å². The lowest BCUT2D eigenvalue weighted by Crippen LogP contribution is -2.10. The Morgan fingerprint density at radius 3 is 2.88 bits per heavy atom. The van der Waals surface area contributed by atoms with Crippen molar-refractivity contribution in [3.05, 3.63) is 49.7 Å². The summed E-state index contributed by atoms with van der Waals surface area (Å²) in [6, 6.07) is 9.68. The van der Waals surface area contributed by atoms with Crippen molar-refractivity contribution in [1.29, 1.82) is 0 Å². The molecular weight excluding hydrogens is 413 g/mol. The van der Waals surface area contributed by atoms with Crippen LogP contribution in [0.15, 0.2) is 35.7 Å². The minimum atomic E-state index is -0.0594. The summed E-state index contributed by atoms with van der Waals surface area (Å²) in [5.74, 6) is -0.0594. The number of nitrogens with one attached hydrogen (secondary N) is 1. The number of hydrogen-bond donors (Lipinski definition) is 1. The van der Waals surface area contributed by atoms with Crippen molar-refractivity contribution in [2.24, 2.45) is 0 Å². The van der Waals surface area contributed by atoms with E-state index in [-0.39, 0.29) is 5.91 Å². The zero-order valence-corrected chi connectivity index (χ0v) is 13.3. The molecule has 0 aliphatic rings. The summed E-state index contributed by atoms with van der Waals surface area (Å²) in [6.07, 6.45) is 0. The number of hydrogen-bond acceptors (Lipinski definition) is 2. The van der Waals surface area contributed by atoms with Crippen LogP contribution in [-0.2, 0) is 5.33 Å². The topological polar surface area (TPSA) is 29.1 Å². The third kappa shape index (κ3) is 3.53. The van der Waals surface area contributed by atoms with Crippen LogP contribution in [0.2, 0.25) is 0 Å². The predicted octanol–water partition coefficient (Wildman–Crippen LogP) is 4.50. The molecule has 0 aliphatic carbocycles. The maximum absolute atomic E-state index is 11.9. The Labute approximate surface area is 126 Å². The van der Waals surface area contributed by atoms with E-state index in [4.69, 9.17) is 0 Å². The molecule has 2 rings (SSSR count). The van der Waals surface area contributed by atoms with E-state index in [1.165, 1.54) is 0 Å². The monoisotopic (exact) mass is 421 g/mol. The number of rotatable bonds is 3. The number of thiophene rings is 1. The van der Waals surface area contributed by atoms with Crippen LogP contribution in [0.3, 0.4) is 0 Å². The molecule has 17 heavy (non-hydrogen) atoms. The smallest absolute Gasteiger partial charge is 0.256 e. The van der Waals surface area contributed by atoms with E-state index in [0.29, 0.717) is 5.56 Å². The second kappa shape index (κ2) is 5.97. The van der Waals surface area contributed by atoms with Gasteiger partial charge in [-0.25, -0.2) is 0 Å². The predicted molar refractivity (Wildman–Crippen MR) is 84.1 cm³/mol. The highest BCUT2D eigenvalue weighted by Gasteiger charge is 2.08. The minimum absolute atomic E-state index is 0.0594. The summed E-state index contributed by atoms with van der Waals surface area (Å²) >= 11 is 7.17. The third-order valence-corrected chi connectivity index (χ3v) is 4.61. The molecule has 0 spiro atoms. The number of anilines is 1. The minimum Gasteiger partial charge on any atom is -0.322 e. The van der Waals surface area contributed by atoms with E-state index in [1.807, 2.05) is 35.7 Å². The Morgan fingerprint density at radius 2 is 2.24 bits per heavy atom. The highest BCUT2D eigenvalue weighted by atomic mass is 127. The highest BCUT2D eigenvalue weighted by molar-refractivity contribution is 14.1. The molecule has 1 aromatic carbocycles. The Morgan fingerprint density at radius 1 is 1.41 bits per heavy atom. The molecule has 0 atom stereocenters.